The van der Waals surface area contributed by atoms with E-state index in [-0.39, 0.29) is 23.7 Å². The first-order chi connectivity index (χ1) is 12.1. The normalized spacial score (nSPS) is 16.2. The molecule has 1 atom stereocenters. The number of hydrogen-bond donors (Lipinski definition) is 1. The third-order valence-corrected chi connectivity index (χ3v) is 4.48. The number of nitrogens with zero attached hydrogens (tertiary/aromatic N) is 2. The summed E-state index contributed by atoms with van der Waals surface area (Å²) in [5, 5.41) is 7.75. The van der Waals surface area contributed by atoms with E-state index < -0.39 is 0 Å². The van der Waals surface area contributed by atoms with Crippen molar-refractivity contribution in [1.29, 1.82) is 0 Å². The summed E-state index contributed by atoms with van der Waals surface area (Å²) in [6.45, 7) is 4.12. The summed E-state index contributed by atoms with van der Waals surface area (Å²) < 4.78 is 15.0. The van der Waals surface area contributed by atoms with Crippen molar-refractivity contribution in [2.45, 2.75) is 25.8 Å². The van der Waals surface area contributed by atoms with Gasteiger partial charge < -0.3 is 5.32 Å². The van der Waals surface area contributed by atoms with E-state index in [1.807, 2.05) is 30.3 Å². The molecule has 0 aliphatic carbocycles. The smallest absolute Gasteiger partial charge is 0.271 e. The van der Waals surface area contributed by atoms with Gasteiger partial charge in [-0.2, -0.15) is 5.10 Å². The highest BCUT2D eigenvalue weighted by atomic mass is 19.1. The van der Waals surface area contributed by atoms with Crippen LogP contribution in [0.3, 0.4) is 0 Å². The Bertz CT molecular complexity index is 930. The van der Waals surface area contributed by atoms with E-state index in [4.69, 9.17) is 5.10 Å². The zero-order chi connectivity index (χ0) is 17.6. The van der Waals surface area contributed by atoms with Gasteiger partial charge in [0.15, 0.2) is 0 Å². The maximum atomic E-state index is 13.3. The molecule has 2 aromatic carbocycles. The minimum Gasteiger partial charge on any atom is -0.340 e. The largest absolute Gasteiger partial charge is 0.340 e. The second-order valence-corrected chi connectivity index (χ2v) is 6.51. The van der Waals surface area contributed by atoms with Crippen LogP contribution in [0.15, 0.2) is 54.6 Å². The Kier molecular flexibility index (Phi) is 3.64. The molecule has 0 bridgehead atoms. The topological polar surface area (TPSA) is 46.9 Å². The van der Waals surface area contributed by atoms with Crippen LogP contribution in [0, 0.1) is 5.82 Å². The molecule has 1 amide bonds. The molecular weight excluding hydrogens is 317 g/mol. The lowest BCUT2D eigenvalue weighted by atomic mass is 9.95. The average Bonchev–Trinajstić information content (AvgIpc) is 3.16. The van der Waals surface area contributed by atoms with Crippen molar-refractivity contribution in [2.24, 2.45) is 0 Å². The predicted molar refractivity (Wildman–Crippen MR) is 93.4 cm³/mol. The van der Waals surface area contributed by atoms with Gasteiger partial charge in [0.1, 0.15) is 11.5 Å². The highest BCUT2D eigenvalue weighted by Crippen LogP contribution is 2.37. The first-order valence-electron chi connectivity index (χ1n) is 8.31. The molecule has 0 spiro atoms. The van der Waals surface area contributed by atoms with E-state index >= 15 is 0 Å². The number of halogens is 1. The number of hydrogen-bond acceptors (Lipinski definition) is 2. The Morgan fingerprint density at radius 3 is 2.40 bits per heavy atom. The molecular formula is C20H18FN3O. The van der Waals surface area contributed by atoms with Gasteiger partial charge in [0.2, 0.25) is 0 Å². The van der Waals surface area contributed by atoms with Crippen LogP contribution in [-0.4, -0.2) is 15.7 Å². The molecule has 126 valence electrons. The van der Waals surface area contributed by atoms with E-state index in [2.05, 4.69) is 19.2 Å². The fourth-order valence-corrected chi connectivity index (χ4v) is 3.31. The Morgan fingerprint density at radius 1 is 1.08 bits per heavy atom. The highest BCUT2D eigenvalue weighted by molar-refractivity contribution is 5.99. The molecule has 0 saturated carbocycles. The second-order valence-electron chi connectivity index (χ2n) is 6.51. The van der Waals surface area contributed by atoms with Gasteiger partial charge in [0, 0.05) is 5.56 Å². The minimum atomic E-state index is -0.307. The summed E-state index contributed by atoms with van der Waals surface area (Å²) in [5.41, 5.74) is 4.02. The molecule has 0 fully saturated rings. The van der Waals surface area contributed by atoms with Gasteiger partial charge in [-0.3, -0.25) is 4.79 Å². The molecule has 3 aromatic rings. The molecule has 0 radical (unpaired) electrons. The van der Waals surface area contributed by atoms with Crippen molar-refractivity contribution in [3.05, 3.63) is 82.9 Å². The summed E-state index contributed by atoms with van der Waals surface area (Å²) in [6, 6.07) is 15.6. The number of fused-ring (bicyclic) bond motifs is 1. The van der Waals surface area contributed by atoms with Crippen LogP contribution in [0.1, 0.15) is 53.1 Å². The standard InChI is InChI=1S/C20H18FN3O/c1-12(2)17-16-18(13-8-10-14(21)11-9-13)22-20(25)19(16)24(23-17)15-6-4-3-5-7-15/h3-12,18H,1-2H3,(H,22,25). The van der Waals surface area contributed by atoms with E-state index in [9.17, 15) is 9.18 Å². The van der Waals surface area contributed by atoms with Gasteiger partial charge in [-0.25, -0.2) is 9.07 Å². The van der Waals surface area contributed by atoms with Crippen molar-refractivity contribution < 1.29 is 9.18 Å². The third kappa shape index (κ3) is 2.52. The lowest BCUT2D eigenvalue weighted by molar-refractivity contribution is 0.0953. The number of para-hydroxylation sites is 1. The average molecular weight is 335 g/mol. The molecule has 1 aliphatic rings. The summed E-state index contributed by atoms with van der Waals surface area (Å²) in [6.07, 6.45) is 0. The fraction of sp³-hybridized carbons (Fsp3) is 0.200. The van der Waals surface area contributed by atoms with Crippen molar-refractivity contribution in [2.75, 3.05) is 0 Å². The Balaban J connectivity index is 1.91. The Morgan fingerprint density at radius 2 is 1.76 bits per heavy atom. The zero-order valence-corrected chi connectivity index (χ0v) is 14.0. The number of carbonyl (C=O) groups is 1. The molecule has 4 rings (SSSR count). The Hall–Kier alpha value is -2.95. The van der Waals surface area contributed by atoms with Crippen molar-refractivity contribution >= 4 is 5.91 Å². The lowest BCUT2D eigenvalue weighted by Gasteiger charge is -2.14. The van der Waals surface area contributed by atoms with Crippen molar-refractivity contribution in [1.82, 2.24) is 15.1 Å². The van der Waals surface area contributed by atoms with E-state index in [1.165, 1.54) is 12.1 Å². The molecule has 5 heteroatoms. The number of amides is 1. The monoisotopic (exact) mass is 335 g/mol. The van der Waals surface area contributed by atoms with Gasteiger partial charge >= 0.3 is 0 Å². The van der Waals surface area contributed by atoms with Gasteiger partial charge in [-0.1, -0.05) is 44.2 Å². The highest BCUT2D eigenvalue weighted by Gasteiger charge is 2.38. The third-order valence-electron chi connectivity index (χ3n) is 4.48. The van der Waals surface area contributed by atoms with Crippen LogP contribution in [0.4, 0.5) is 4.39 Å². The lowest BCUT2D eigenvalue weighted by Crippen LogP contribution is -2.23. The quantitative estimate of drug-likeness (QED) is 0.787. The van der Waals surface area contributed by atoms with Crippen LogP contribution < -0.4 is 5.32 Å². The molecule has 0 saturated heterocycles. The van der Waals surface area contributed by atoms with Crippen molar-refractivity contribution in [3.8, 4) is 5.69 Å². The predicted octanol–water partition coefficient (Wildman–Crippen LogP) is 3.97. The van der Waals surface area contributed by atoms with Crippen LogP contribution >= 0.6 is 0 Å². The number of aromatic nitrogens is 2. The van der Waals surface area contributed by atoms with Gasteiger partial charge in [0.25, 0.3) is 5.91 Å². The van der Waals surface area contributed by atoms with E-state index in [0.717, 1.165) is 22.5 Å². The summed E-state index contributed by atoms with van der Waals surface area (Å²) in [7, 11) is 0. The zero-order valence-electron chi connectivity index (χ0n) is 14.0. The SMILES string of the molecule is CC(C)c1nn(-c2ccccc2)c2c1C(c1ccc(F)cc1)NC2=O. The summed E-state index contributed by atoms with van der Waals surface area (Å²) in [5.74, 6) is -0.292. The number of nitrogens with one attached hydrogen (secondary N) is 1. The molecule has 1 unspecified atom stereocenters. The first-order valence-corrected chi connectivity index (χ1v) is 8.31. The molecule has 2 heterocycles. The molecule has 1 aromatic heterocycles. The number of rotatable bonds is 3. The van der Waals surface area contributed by atoms with Crippen LogP contribution in [0.2, 0.25) is 0 Å². The van der Waals surface area contributed by atoms with Gasteiger partial charge in [-0.05, 0) is 35.7 Å². The maximum Gasteiger partial charge on any atom is 0.271 e. The van der Waals surface area contributed by atoms with Crippen molar-refractivity contribution in [3.63, 3.8) is 0 Å². The molecule has 25 heavy (non-hydrogen) atoms. The van der Waals surface area contributed by atoms with Crippen LogP contribution in [0.5, 0.6) is 0 Å². The first kappa shape index (κ1) is 15.6. The summed E-state index contributed by atoms with van der Waals surface area (Å²) in [4.78, 5) is 12.7. The molecule has 1 N–H and O–H groups in total. The summed E-state index contributed by atoms with van der Waals surface area (Å²) >= 11 is 0. The van der Waals surface area contributed by atoms with E-state index in [1.54, 1.807) is 16.8 Å². The van der Waals surface area contributed by atoms with E-state index in [0.29, 0.717) is 5.69 Å². The van der Waals surface area contributed by atoms with Crippen LogP contribution in [-0.2, 0) is 0 Å². The molecule has 4 nitrogen and oxygen atoms in total. The number of benzene rings is 2. The van der Waals surface area contributed by atoms with Gasteiger partial charge in [0.05, 0.1) is 17.4 Å². The van der Waals surface area contributed by atoms with Crippen LogP contribution in [0.25, 0.3) is 5.69 Å². The minimum absolute atomic E-state index is 0.160. The maximum absolute atomic E-state index is 13.3. The second kappa shape index (κ2) is 5.84. The number of carbonyl (C=O) groups excluding carboxylic acids is 1. The Labute approximate surface area is 145 Å². The fourth-order valence-electron chi connectivity index (χ4n) is 3.31. The molecule has 1 aliphatic heterocycles. The van der Waals surface area contributed by atoms with Gasteiger partial charge in [-0.15, -0.1) is 0 Å².